The number of rotatable bonds is 6. The number of hydrogen-bond acceptors (Lipinski definition) is 5. The van der Waals surface area contributed by atoms with Gasteiger partial charge in [0.05, 0.1) is 24.2 Å². The molecule has 2 aliphatic heterocycles. The van der Waals surface area contributed by atoms with Gasteiger partial charge in [0.2, 0.25) is 11.8 Å². The standard InChI is InChI=1S/C23H27N3O3S/c1-29-20-9-4-2-7-18(20)24-13-15-25(16-14-24)22(27)11-6-12-26-19-8-3-5-10-21(19)30-17-23(26)28/h2-5,7-10H,6,11-17H2,1H3. The second-order valence-corrected chi connectivity index (χ2v) is 8.46. The molecule has 6 nitrogen and oxygen atoms in total. The molecule has 0 radical (unpaired) electrons. The summed E-state index contributed by atoms with van der Waals surface area (Å²) in [5.74, 6) is 1.62. The SMILES string of the molecule is COc1ccccc1N1CCN(C(=O)CCCN2C(=O)CSc3ccccc32)CC1. The molecule has 30 heavy (non-hydrogen) atoms. The van der Waals surface area contributed by atoms with Crippen molar-refractivity contribution in [1.29, 1.82) is 0 Å². The van der Waals surface area contributed by atoms with Gasteiger partial charge in [0.15, 0.2) is 0 Å². The first kappa shape index (κ1) is 20.6. The van der Waals surface area contributed by atoms with Crippen LogP contribution in [-0.2, 0) is 9.59 Å². The number of carbonyl (C=O) groups excluding carboxylic acids is 2. The maximum atomic E-state index is 12.7. The van der Waals surface area contributed by atoms with Crippen molar-refractivity contribution in [3.63, 3.8) is 0 Å². The lowest BCUT2D eigenvalue weighted by Crippen LogP contribution is -2.49. The molecule has 0 N–H and O–H groups in total. The predicted molar refractivity (Wildman–Crippen MR) is 121 cm³/mol. The first-order valence-electron chi connectivity index (χ1n) is 10.4. The van der Waals surface area contributed by atoms with Crippen LogP contribution < -0.4 is 14.5 Å². The number of piperazine rings is 1. The Balaban J connectivity index is 1.27. The highest BCUT2D eigenvalue weighted by Crippen LogP contribution is 2.35. The Bertz CT molecular complexity index is 912. The number of carbonyl (C=O) groups is 2. The monoisotopic (exact) mass is 425 g/mol. The molecular weight excluding hydrogens is 398 g/mol. The van der Waals surface area contributed by atoms with Crippen LogP contribution in [0.4, 0.5) is 11.4 Å². The van der Waals surface area contributed by atoms with E-state index < -0.39 is 0 Å². The molecule has 0 bridgehead atoms. The number of methoxy groups -OCH3 is 1. The van der Waals surface area contributed by atoms with E-state index in [0.717, 1.165) is 35.1 Å². The van der Waals surface area contributed by atoms with Crippen molar-refractivity contribution in [3.05, 3.63) is 48.5 Å². The lowest BCUT2D eigenvalue weighted by Gasteiger charge is -2.36. The lowest BCUT2D eigenvalue weighted by molar-refractivity contribution is -0.131. The third kappa shape index (κ3) is 4.41. The van der Waals surface area contributed by atoms with Crippen LogP contribution in [0.1, 0.15) is 12.8 Å². The molecule has 0 aromatic heterocycles. The van der Waals surface area contributed by atoms with Crippen molar-refractivity contribution in [3.8, 4) is 5.75 Å². The van der Waals surface area contributed by atoms with Crippen LogP contribution in [-0.4, -0.2) is 62.3 Å². The van der Waals surface area contributed by atoms with Gasteiger partial charge in [-0.05, 0) is 30.7 Å². The molecule has 0 atom stereocenters. The van der Waals surface area contributed by atoms with Crippen LogP contribution in [0, 0.1) is 0 Å². The van der Waals surface area contributed by atoms with Crippen LogP contribution in [0.25, 0.3) is 0 Å². The van der Waals surface area contributed by atoms with Crippen molar-refractivity contribution < 1.29 is 14.3 Å². The molecule has 0 saturated carbocycles. The summed E-state index contributed by atoms with van der Waals surface area (Å²) in [5.41, 5.74) is 2.05. The van der Waals surface area contributed by atoms with Gasteiger partial charge in [-0.25, -0.2) is 0 Å². The molecule has 2 heterocycles. The number of amides is 2. The van der Waals surface area contributed by atoms with Crippen LogP contribution in [0.15, 0.2) is 53.4 Å². The normalized spacial score (nSPS) is 16.4. The smallest absolute Gasteiger partial charge is 0.237 e. The minimum atomic E-state index is 0.122. The Kier molecular flexibility index (Phi) is 6.47. The predicted octanol–water partition coefficient (Wildman–Crippen LogP) is 3.26. The summed E-state index contributed by atoms with van der Waals surface area (Å²) in [4.78, 5) is 32.2. The van der Waals surface area contributed by atoms with E-state index in [-0.39, 0.29) is 11.8 Å². The zero-order valence-electron chi connectivity index (χ0n) is 17.3. The lowest BCUT2D eigenvalue weighted by atomic mass is 10.2. The Morgan fingerprint density at radius 2 is 1.70 bits per heavy atom. The number of nitrogens with zero attached hydrogens (tertiary/aromatic N) is 3. The molecule has 0 aliphatic carbocycles. The van der Waals surface area contributed by atoms with Crippen molar-refractivity contribution in [1.82, 2.24) is 4.90 Å². The zero-order chi connectivity index (χ0) is 20.9. The Morgan fingerprint density at radius 1 is 1.00 bits per heavy atom. The highest BCUT2D eigenvalue weighted by molar-refractivity contribution is 8.00. The quantitative estimate of drug-likeness (QED) is 0.711. The molecule has 2 aromatic carbocycles. The molecule has 1 fully saturated rings. The van der Waals surface area contributed by atoms with Gasteiger partial charge in [-0.3, -0.25) is 9.59 Å². The van der Waals surface area contributed by atoms with Crippen molar-refractivity contribution in [2.45, 2.75) is 17.7 Å². The minimum absolute atomic E-state index is 0.122. The third-order valence-electron chi connectivity index (χ3n) is 5.64. The van der Waals surface area contributed by atoms with E-state index in [0.29, 0.717) is 38.2 Å². The van der Waals surface area contributed by atoms with Crippen LogP contribution >= 0.6 is 11.8 Å². The third-order valence-corrected chi connectivity index (χ3v) is 6.69. The van der Waals surface area contributed by atoms with E-state index in [1.807, 2.05) is 52.3 Å². The Hall–Kier alpha value is -2.67. The second kappa shape index (κ2) is 9.43. The van der Waals surface area contributed by atoms with E-state index in [9.17, 15) is 9.59 Å². The molecule has 4 rings (SSSR count). The Labute approximate surface area is 181 Å². The van der Waals surface area contributed by atoms with E-state index in [1.165, 1.54) is 0 Å². The van der Waals surface area contributed by atoms with E-state index >= 15 is 0 Å². The summed E-state index contributed by atoms with van der Waals surface area (Å²) in [6.07, 6.45) is 1.14. The maximum absolute atomic E-state index is 12.7. The van der Waals surface area contributed by atoms with Crippen LogP contribution in [0.3, 0.4) is 0 Å². The van der Waals surface area contributed by atoms with Gasteiger partial charge in [0.1, 0.15) is 5.75 Å². The van der Waals surface area contributed by atoms with Crippen LogP contribution in [0.5, 0.6) is 5.75 Å². The fraction of sp³-hybridized carbons (Fsp3) is 0.391. The second-order valence-electron chi connectivity index (χ2n) is 7.45. The summed E-state index contributed by atoms with van der Waals surface area (Å²) >= 11 is 1.58. The van der Waals surface area contributed by atoms with Crippen molar-refractivity contribution in [2.75, 3.05) is 55.4 Å². The maximum Gasteiger partial charge on any atom is 0.237 e. The molecule has 0 unspecified atom stereocenters. The van der Waals surface area contributed by atoms with Gasteiger partial charge in [-0.15, -0.1) is 11.8 Å². The number of para-hydroxylation sites is 3. The first-order valence-corrected chi connectivity index (χ1v) is 11.3. The van der Waals surface area contributed by atoms with Crippen molar-refractivity contribution in [2.24, 2.45) is 0 Å². The molecule has 2 aromatic rings. The van der Waals surface area contributed by atoms with Gasteiger partial charge in [-0.1, -0.05) is 24.3 Å². The van der Waals surface area contributed by atoms with Crippen molar-refractivity contribution >= 4 is 35.0 Å². The number of benzene rings is 2. The minimum Gasteiger partial charge on any atom is -0.495 e. The number of fused-ring (bicyclic) bond motifs is 1. The van der Waals surface area contributed by atoms with Gasteiger partial charge in [0, 0.05) is 44.0 Å². The molecule has 7 heteroatoms. The average Bonchev–Trinajstić information content (AvgIpc) is 2.80. The van der Waals surface area contributed by atoms with Gasteiger partial charge >= 0.3 is 0 Å². The summed E-state index contributed by atoms with van der Waals surface area (Å²) < 4.78 is 5.46. The molecule has 158 valence electrons. The fourth-order valence-electron chi connectivity index (χ4n) is 4.03. The highest BCUT2D eigenvalue weighted by atomic mass is 32.2. The number of anilines is 2. The van der Waals surface area contributed by atoms with Gasteiger partial charge in [-0.2, -0.15) is 0 Å². The van der Waals surface area contributed by atoms with Gasteiger partial charge < -0.3 is 19.4 Å². The summed E-state index contributed by atoms with van der Waals surface area (Å²) in [7, 11) is 1.68. The number of hydrogen-bond donors (Lipinski definition) is 0. The number of ether oxygens (including phenoxy) is 1. The summed E-state index contributed by atoms with van der Waals surface area (Å²) in [5, 5.41) is 0. The first-order chi connectivity index (χ1) is 14.7. The topological polar surface area (TPSA) is 53.1 Å². The molecular formula is C23H27N3O3S. The van der Waals surface area contributed by atoms with Gasteiger partial charge in [0.25, 0.3) is 0 Å². The van der Waals surface area contributed by atoms with Crippen LogP contribution in [0.2, 0.25) is 0 Å². The Morgan fingerprint density at radius 3 is 2.47 bits per heavy atom. The summed E-state index contributed by atoms with van der Waals surface area (Å²) in [6, 6.07) is 16.0. The van der Waals surface area contributed by atoms with E-state index in [4.69, 9.17) is 4.74 Å². The van der Waals surface area contributed by atoms with E-state index in [2.05, 4.69) is 11.0 Å². The molecule has 2 amide bonds. The highest BCUT2D eigenvalue weighted by Gasteiger charge is 2.26. The van der Waals surface area contributed by atoms with E-state index in [1.54, 1.807) is 18.9 Å². The largest absolute Gasteiger partial charge is 0.495 e. The molecule has 2 aliphatic rings. The number of thioether (sulfide) groups is 1. The average molecular weight is 426 g/mol. The zero-order valence-corrected chi connectivity index (χ0v) is 18.1. The summed E-state index contributed by atoms with van der Waals surface area (Å²) in [6.45, 7) is 3.59. The molecule has 1 saturated heterocycles. The fourth-order valence-corrected chi connectivity index (χ4v) is 4.97. The molecule has 0 spiro atoms.